The highest BCUT2D eigenvalue weighted by atomic mass is 127. The van der Waals surface area contributed by atoms with Crippen molar-refractivity contribution in [3.63, 3.8) is 0 Å². The fourth-order valence-corrected chi connectivity index (χ4v) is 2.16. The molecule has 1 fully saturated rings. The Kier molecular flexibility index (Phi) is 3.41. The van der Waals surface area contributed by atoms with E-state index in [1.165, 1.54) is 0 Å². The second-order valence-electron chi connectivity index (χ2n) is 3.50. The van der Waals surface area contributed by atoms with Gasteiger partial charge in [0, 0.05) is 10.5 Å². The predicted molar refractivity (Wildman–Crippen MR) is 66.6 cm³/mol. The Bertz CT molecular complexity index is 384. The summed E-state index contributed by atoms with van der Waals surface area (Å²) < 4.78 is 7.05. The molecule has 0 N–H and O–H groups in total. The Labute approximate surface area is 102 Å². The lowest BCUT2D eigenvalue weighted by atomic mass is 9.92. The van der Waals surface area contributed by atoms with E-state index in [-0.39, 0.29) is 11.9 Å². The lowest BCUT2D eigenvalue weighted by molar-refractivity contribution is -0.143. The summed E-state index contributed by atoms with van der Waals surface area (Å²) in [6.45, 7) is 0. The van der Waals surface area contributed by atoms with Gasteiger partial charge in [0.25, 0.3) is 0 Å². The van der Waals surface area contributed by atoms with Crippen LogP contribution in [0.3, 0.4) is 0 Å². The third-order valence-corrected chi connectivity index (χ3v) is 3.21. The van der Waals surface area contributed by atoms with E-state index in [9.17, 15) is 4.79 Å². The van der Waals surface area contributed by atoms with Gasteiger partial charge in [0.15, 0.2) is 0 Å². The minimum absolute atomic E-state index is 0.0914. The van der Waals surface area contributed by atoms with Crippen LogP contribution in [0.2, 0.25) is 0 Å². The summed E-state index contributed by atoms with van der Waals surface area (Å²) >= 11 is 2.10. The van der Waals surface area contributed by atoms with E-state index in [2.05, 4.69) is 22.6 Å². The Balaban J connectivity index is 2.17. The Morgan fingerprint density at radius 3 is 2.67 bits per heavy atom. The Morgan fingerprint density at radius 1 is 1.33 bits per heavy atom. The monoisotopic (exact) mass is 314 g/mol. The van der Waals surface area contributed by atoms with Gasteiger partial charge in [0.2, 0.25) is 0 Å². The van der Waals surface area contributed by atoms with Gasteiger partial charge in [-0.05, 0) is 34.6 Å². The summed E-state index contributed by atoms with van der Waals surface area (Å²) in [4.78, 5) is 11.7. The molecule has 78 valence electrons. The van der Waals surface area contributed by atoms with Crippen molar-refractivity contribution in [2.75, 3.05) is 0 Å². The standard InChI is InChI=1S/C12H11IO2/c13-8-10-6-7-11(12(14)15-10)9-4-2-1-3-5-9/h1-5,8,11H,6-7H2/b10-8+. The second kappa shape index (κ2) is 4.79. The molecule has 1 saturated heterocycles. The molecular formula is C12H11IO2. The zero-order valence-corrected chi connectivity index (χ0v) is 10.3. The van der Waals surface area contributed by atoms with Gasteiger partial charge in [-0.2, -0.15) is 0 Å². The number of carbonyl (C=O) groups is 1. The largest absolute Gasteiger partial charge is 0.430 e. The van der Waals surface area contributed by atoms with Gasteiger partial charge < -0.3 is 4.74 Å². The number of ether oxygens (including phenoxy) is 1. The number of benzene rings is 1. The van der Waals surface area contributed by atoms with Crippen LogP contribution >= 0.6 is 22.6 Å². The molecule has 1 heterocycles. The normalized spacial score (nSPS) is 23.9. The molecule has 1 aliphatic rings. The first-order valence-corrected chi connectivity index (χ1v) is 6.11. The van der Waals surface area contributed by atoms with E-state index >= 15 is 0 Å². The molecule has 3 heteroatoms. The van der Waals surface area contributed by atoms with Crippen molar-refractivity contribution < 1.29 is 9.53 Å². The summed E-state index contributed by atoms with van der Waals surface area (Å²) in [5.41, 5.74) is 1.05. The second-order valence-corrected chi connectivity index (χ2v) is 4.12. The molecule has 0 bridgehead atoms. The van der Waals surface area contributed by atoms with Crippen LogP contribution in [0.15, 0.2) is 40.2 Å². The van der Waals surface area contributed by atoms with Crippen LogP contribution in [-0.2, 0) is 9.53 Å². The topological polar surface area (TPSA) is 26.3 Å². The highest BCUT2D eigenvalue weighted by Gasteiger charge is 2.27. The van der Waals surface area contributed by atoms with Crippen LogP contribution in [0.4, 0.5) is 0 Å². The van der Waals surface area contributed by atoms with Gasteiger partial charge in [-0.15, -0.1) is 0 Å². The molecule has 0 spiro atoms. The average molecular weight is 314 g/mol. The first-order chi connectivity index (χ1) is 7.31. The number of halogens is 1. The van der Waals surface area contributed by atoms with Gasteiger partial charge in [-0.25, -0.2) is 0 Å². The smallest absolute Gasteiger partial charge is 0.318 e. The van der Waals surface area contributed by atoms with E-state index < -0.39 is 0 Å². The van der Waals surface area contributed by atoms with Crippen molar-refractivity contribution >= 4 is 28.6 Å². The van der Waals surface area contributed by atoms with Crippen LogP contribution in [0.5, 0.6) is 0 Å². The van der Waals surface area contributed by atoms with Crippen LogP contribution in [0.25, 0.3) is 0 Å². The number of cyclic esters (lactones) is 1. The molecule has 0 aliphatic carbocycles. The van der Waals surface area contributed by atoms with Crippen LogP contribution in [-0.4, -0.2) is 5.97 Å². The minimum Gasteiger partial charge on any atom is -0.430 e. The maximum Gasteiger partial charge on any atom is 0.318 e. The van der Waals surface area contributed by atoms with Crippen LogP contribution < -0.4 is 0 Å². The van der Waals surface area contributed by atoms with Crippen molar-refractivity contribution in [3.8, 4) is 0 Å². The number of allylic oxidation sites excluding steroid dienone is 1. The number of carbonyl (C=O) groups excluding carboxylic acids is 1. The fraction of sp³-hybridized carbons (Fsp3) is 0.250. The summed E-state index contributed by atoms with van der Waals surface area (Å²) in [7, 11) is 0. The van der Waals surface area contributed by atoms with E-state index in [4.69, 9.17) is 4.74 Å². The molecule has 2 rings (SSSR count). The molecule has 15 heavy (non-hydrogen) atoms. The van der Waals surface area contributed by atoms with E-state index in [0.29, 0.717) is 0 Å². The lowest BCUT2D eigenvalue weighted by Crippen LogP contribution is -2.20. The van der Waals surface area contributed by atoms with Crippen molar-refractivity contribution in [1.29, 1.82) is 0 Å². The summed E-state index contributed by atoms with van der Waals surface area (Å²) in [5, 5.41) is 0. The highest BCUT2D eigenvalue weighted by molar-refractivity contribution is 14.1. The number of hydrogen-bond donors (Lipinski definition) is 0. The first-order valence-electron chi connectivity index (χ1n) is 4.87. The summed E-state index contributed by atoms with van der Waals surface area (Å²) in [6, 6.07) is 9.81. The van der Waals surface area contributed by atoms with Crippen molar-refractivity contribution in [3.05, 3.63) is 45.7 Å². The summed E-state index contributed by atoms with van der Waals surface area (Å²) in [5.74, 6) is 0.564. The molecule has 1 aromatic rings. The zero-order valence-electron chi connectivity index (χ0n) is 8.15. The number of hydrogen-bond acceptors (Lipinski definition) is 2. The first kappa shape index (κ1) is 10.7. The maximum absolute atomic E-state index is 11.7. The molecule has 1 atom stereocenters. The van der Waals surface area contributed by atoms with Crippen molar-refractivity contribution in [1.82, 2.24) is 0 Å². The fourth-order valence-electron chi connectivity index (χ4n) is 1.72. The number of esters is 1. The molecule has 0 aromatic heterocycles. The molecule has 0 radical (unpaired) electrons. The van der Waals surface area contributed by atoms with Gasteiger partial charge in [-0.3, -0.25) is 4.79 Å². The van der Waals surface area contributed by atoms with Crippen LogP contribution in [0, 0.1) is 0 Å². The number of rotatable bonds is 1. The van der Waals surface area contributed by atoms with Crippen molar-refractivity contribution in [2.24, 2.45) is 0 Å². The average Bonchev–Trinajstić information content (AvgIpc) is 2.30. The van der Waals surface area contributed by atoms with Gasteiger partial charge >= 0.3 is 5.97 Å². The van der Waals surface area contributed by atoms with Gasteiger partial charge in [0.05, 0.1) is 5.92 Å². The van der Waals surface area contributed by atoms with E-state index in [1.807, 2.05) is 34.4 Å². The quantitative estimate of drug-likeness (QED) is 0.587. The third kappa shape index (κ3) is 2.40. The molecule has 0 saturated carbocycles. The molecule has 0 amide bonds. The Hall–Kier alpha value is -0.840. The summed E-state index contributed by atoms with van der Waals surface area (Å²) in [6.07, 6.45) is 1.69. The minimum atomic E-state index is -0.129. The Morgan fingerprint density at radius 2 is 2.07 bits per heavy atom. The highest BCUT2D eigenvalue weighted by Crippen LogP contribution is 2.31. The lowest BCUT2D eigenvalue weighted by Gasteiger charge is -2.22. The maximum atomic E-state index is 11.7. The predicted octanol–water partition coefficient (Wildman–Crippen LogP) is 3.38. The van der Waals surface area contributed by atoms with E-state index in [0.717, 1.165) is 24.2 Å². The molecule has 1 aliphatic heterocycles. The SMILES string of the molecule is O=C1O/C(=C/I)CCC1c1ccccc1. The molecule has 1 unspecified atom stereocenters. The van der Waals surface area contributed by atoms with Gasteiger partial charge in [0.1, 0.15) is 5.76 Å². The molecule has 1 aromatic carbocycles. The van der Waals surface area contributed by atoms with Crippen molar-refractivity contribution in [2.45, 2.75) is 18.8 Å². The van der Waals surface area contributed by atoms with Gasteiger partial charge in [-0.1, -0.05) is 30.3 Å². The van der Waals surface area contributed by atoms with E-state index in [1.54, 1.807) is 0 Å². The third-order valence-electron chi connectivity index (χ3n) is 2.52. The molecular weight excluding hydrogens is 303 g/mol. The molecule has 2 nitrogen and oxygen atoms in total. The zero-order chi connectivity index (χ0) is 10.7. The van der Waals surface area contributed by atoms with Crippen LogP contribution in [0.1, 0.15) is 24.3 Å².